The molecule has 0 aliphatic heterocycles. The monoisotopic (exact) mass is 241 g/mol. The fourth-order valence-corrected chi connectivity index (χ4v) is 1.06. The van der Waals surface area contributed by atoms with E-state index in [2.05, 4.69) is 5.32 Å². The topological polar surface area (TPSA) is 66.4 Å². The van der Waals surface area contributed by atoms with Crippen molar-refractivity contribution in [3.8, 4) is 0 Å². The molecule has 1 aromatic carbocycles. The Kier molecular flexibility index (Phi) is 3.92. The summed E-state index contributed by atoms with van der Waals surface area (Å²) in [6, 6.07) is 2.58. The smallest absolute Gasteiger partial charge is 0.328 e. The molecule has 1 aromatic rings. The molecule has 17 heavy (non-hydrogen) atoms. The van der Waals surface area contributed by atoms with Crippen LogP contribution in [0.4, 0.5) is 14.5 Å². The van der Waals surface area contributed by atoms with E-state index in [1.807, 2.05) is 0 Å². The van der Waals surface area contributed by atoms with Crippen LogP contribution < -0.4 is 5.32 Å². The predicted octanol–water partition coefficient (Wildman–Crippen LogP) is 1.93. The van der Waals surface area contributed by atoms with Gasteiger partial charge in [0.05, 0.1) is 5.69 Å². The van der Waals surface area contributed by atoms with Crippen molar-refractivity contribution in [3.63, 3.8) is 0 Å². The maximum atomic E-state index is 13.1. The minimum atomic E-state index is -1.29. The van der Waals surface area contributed by atoms with E-state index in [1.165, 1.54) is 6.92 Å². The van der Waals surface area contributed by atoms with Gasteiger partial charge in [-0.3, -0.25) is 4.79 Å². The summed E-state index contributed by atoms with van der Waals surface area (Å²) in [5.41, 5.74) is -0.464. The van der Waals surface area contributed by atoms with Crippen LogP contribution >= 0.6 is 0 Å². The Balaban J connectivity index is 2.88. The van der Waals surface area contributed by atoms with Crippen LogP contribution in [0.15, 0.2) is 29.8 Å². The Labute approximate surface area is 95.6 Å². The second-order valence-electron chi connectivity index (χ2n) is 3.24. The number of carboxylic acids is 1. The van der Waals surface area contributed by atoms with Gasteiger partial charge in [0.15, 0.2) is 0 Å². The normalized spacial score (nSPS) is 11.1. The second-order valence-corrected chi connectivity index (χ2v) is 3.24. The fourth-order valence-electron chi connectivity index (χ4n) is 1.06. The number of rotatable bonds is 3. The van der Waals surface area contributed by atoms with E-state index in [4.69, 9.17) is 5.11 Å². The lowest BCUT2D eigenvalue weighted by Gasteiger charge is -2.06. The molecule has 0 unspecified atom stereocenters. The van der Waals surface area contributed by atoms with Gasteiger partial charge < -0.3 is 10.4 Å². The van der Waals surface area contributed by atoms with Crippen molar-refractivity contribution in [3.05, 3.63) is 41.5 Å². The van der Waals surface area contributed by atoms with Crippen LogP contribution in [0.2, 0.25) is 0 Å². The van der Waals surface area contributed by atoms with E-state index < -0.39 is 23.5 Å². The summed E-state index contributed by atoms with van der Waals surface area (Å²) in [6.45, 7) is 1.25. The summed E-state index contributed by atoms with van der Waals surface area (Å²) >= 11 is 0. The molecule has 1 amide bonds. The third-order valence-corrected chi connectivity index (χ3v) is 1.87. The van der Waals surface area contributed by atoms with Crippen molar-refractivity contribution >= 4 is 17.6 Å². The number of anilines is 1. The van der Waals surface area contributed by atoms with E-state index in [9.17, 15) is 18.4 Å². The third kappa shape index (κ3) is 3.67. The van der Waals surface area contributed by atoms with Crippen molar-refractivity contribution in [2.45, 2.75) is 6.92 Å². The lowest BCUT2D eigenvalue weighted by molar-refractivity contribution is -0.131. The molecule has 0 fully saturated rings. The van der Waals surface area contributed by atoms with Crippen LogP contribution in [0.5, 0.6) is 0 Å². The molecule has 0 radical (unpaired) electrons. The first-order valence-corrected chi connectivity index (χ1v) is 4.58. The molecular formula is C11H9F2NO3. The van der Waals surface area contributed by atoms with E-state index in [0.717, 1.165) is 18.2 Å². The molecule has 4 nitrogen and oxygen atoms in total. The van der Waals surface area contributed by atoms with Gasteiger partial charge in [-0.25, -0.2) is 13.6 Å². The molecular weight excluding hydrogens is 232 g/mol. The van der Waals surface area contributed by atoms with Crippen LogP contribution in [0, 0.1) is 11.6 Å². The molecule has 0 aliphatic carbocycles. The summed E-state index contributed by atoms with van der Waals surface area (Å²) in [5.74, 6) is -3.61. The SMILES string of the molecule is C/C(=C/C(=O)O)C(=O)Nc1cc(F)ccc1F. The number of aliphatic carboxylic acids is 1. The number of hydrogen-bond donors (Lipinski definition) is 2. The zero-order valence-electron chi connectivity index (χ0n) is 8.83. The van der Waals surface area contributed by atoms with Crippen LogP contribution in [0.3, 0.4) is 0 Å². The third-order valence-electron chi connectivity index (χ3n) is 1.87. The fraction of sp³-hybridized carbons (Fsp3) is 0.0909. The number of halogens is 2. The van der Waals surface area contributed by atoms with Crippen molar-refractivity contribution in [1.82, 2.24) is 0 Å². The molecule has 0 aromatic heterocycles. The molecule has 0 spiro atoms. The van der Waals surface area contributed by atoms with Crippen LogP contribution in [-0.4, -0.2) is 17.0 Å². The molecule has 0 saturated heterocycles. The van der Waals surface area contributed by atoms with Crippen molar-refractivity contribution in [1.29, 1.82) is 0 Å². The van der Waals surface area contributed by atoms with Gasteiger partial charge in [0.25, 0.3) is 5.91 Å². The van der Waals surface area contributed by atoms with Crippen molar-refractivity contribution in [2.75, 3.05) is 5.32 Å². The summed E-state index contributed by atoms with van der Waals surface area (Å²) < 4.78 is 25.9. The summed E-state index contributed by atoms with van der Waals surface area (Å²) in [5, 5.41) is 10.5. The number of amides is 1. The molecule has 0 atom stereocenters. The molecule has 0 saturated carbocycles. The van der Waals surface area contributed by atoms with E-state index in [0.29, 0.717) is 6.08 Å². The molecule has 90 valence electrons. The number of hydrogen-bond acceptors (Lipinski definition) is 2. The lowest BCUT2D eigenvalue weighted by Crippen LogP contribution is -2.14. The zero-order chi connectivity index (χ0) is 13.0. The number of nitrogens with one attached hydrogen (secondary N) is 1. The number of carbonyl (C=O) groups is 2. The lowest BCUT2D eigenvalue weighted by atomic mass is 10.2. The average Bonchev–Trinajstić information content (AvgIpc) is 2.22. The van der Waals surface area contributed by atoms with Gasteiger partial charge in [0, 0.05) is 17.7 Å². The summed E-state index contributed by atoms with van der Waals surface area (Å²) in [6.07, 6.45) is 0.673. The van der Waals surface area contributed by atoms with Crippen LogP contribution in [0.25, 0.3) is 0 Å². The number of benzene rings is 1. The van der Waals surface area contributed by atoms with Crippen molar-refractivity contribution in [2.24, 2.45) is 0 Å². The van der Waals surface area contributed by atoms with Crippen molar-refractivity contribution < 1.29 is 23.5 Å². The number of carbonyl (C=O) groups excluding carboxylic acids is 1. The summed E-state index contributed by atoms with van der Waals surface area (Å²) in [7, 11) is 0. The van der Waals surface area contributed by atoms with E-state index in [1.54, 1.807) is 0 Å². The first-order chi connectivity index (χ1) is 7.90. The molecule has 6 heteroatoms. The average molecular weight is 241 g/mol. The van der Waals surface area contributed by atoms with Gasteiger partial charge in [-0.2, -0.15) is 0 Å². The highest BCUT2D eigenvalue weighted by Crippen LogP contribution is 2.15. The van der Waals surface area contributed by atoms with E-state index >= 15 is 0 Å². The predicted molar refractivity (Wildman–Crippen MR) is 56.4 cm³/mol. The van der Waals surface area contributed by atoms with Gasteiger partial charge in [-0.1, -0.05) is 0 Å². The Bertz CT molecular complexity index is 497. The Morgan fingerprint density at radius 1 is 1.35 bits per heavy atom. The Hall–Kier alpha value is -2.24. The van der Waals surface area contributed by atoms with Gasteiger partial charge in [0.2, 0.25) is 0 Å². The largest absolute Gasteiger partial charge is 0.478 e. The quantitative estimate of drug-likeness (QED) is 0.794. The Morgan fingerprint density at radius 2 is 2.00 bits per heavy atom. The first-order valence-electron chi connectivity index (χ1n) is 4.58. The standard InChI is InChI=1S/C11H9F2NO3/c1-6(4-10(15)16)11(17)14-9-5-7(12)2-3-8(9)13/h2-5H,1H3,(H,14,17)(H,15,16)/b6-4-. The van der Waals surface area contributed by atoms with Crippen LogP contribution in [0.1, 0.15) is 6.92 Å². The van der Waals surface area contributed by atoms with E-state index in [-0.39, 0.29) is 11.3 Å². The summed E-state index contributed by atoms with van der Waals surface area (Å²) in [4.78, 5) is 21.7. The van der Waals surface area contributed by atoms with Gasteiger partial charge in [0.1, 0.15) is 11.6 Å². The zero-order valence-corrected chi connectivity index (χ0v) is 8.83. The molecule has 1 rings (SSSR count). The first kappa shape index (κ1) is 12.8. The second kappa shape index (κ2) is 5.20. The molecule has 0 bridgehead atoms. The maximum Gasteiger partial charge on any atom is 0.328 e. The Morgan fingerprint density at radius 3 is 2.59 bits per heavy atom. The minimum Gasteiger partial charge on any atom is -0.478 e. The van der Waals surface area contributed by atoms with Crippen LogP contribution in [-0.2, 0) is 9.59 Å². The number of carboxylic acid groups (broad SMARTS) is 1. The maximum absolute atomic E-state index is 13.1. The van der Waals surface area contributed by atoms with Gasteiger partial charge in [-0.15, -0.1) is 0 Å². The highest BCUT2D eigenvalue weighted by Gasteiger charge is 2.10. The van der Waals surface area contributed by atoms with Gasteiger partial charge >= 0.3 is 5.97 Å². The minimum absolute atomic E-state index is 0.124. The molecule has 0 aliphatic rings. The van der Waals surface area contributed by atoms with Gasteiger partial charge in [-0.05, 0) is 19.1 Å². The molecule has 0 heterocycles. The molecule has 2 N–H and O–H groups in total. The highest BCUT2D eigenvalue weighted by atomic mass is 19.1. The highest BCUT2D eigenvalue weighted by molar-refractivity contribution is 6.06.